The molecule has 1 aromatic heterocycles. The number of nitriles is 1. The standard InChI is InChI=1S/C24H27N7O2/c1-26-23(28-15-25)29-18-9-11-24(12-10-18,17-5-3-2-4-6-17)14-27-21(32)16-7-8-20-19(13-16)22(33)31-30-20/h2-8,13,18H,9-12,14H2,1H3,(H,27,32)(H2,26,28,29)(H2,30,31,33)/t18-,24-. The smallest absolute Gasteiger partial charge is 0.271 e. The second-order valence-corrected chi connectivity index (χ2v) is 8.40. The summed E-state index contributed by atoms with van der Waals surface area (Å²) in [5.41, 5.74) is 1.88. The van der Waals surface area contributed by atoms with Crippen LogP contribution in [0.25, 0.3) is 10.9 Å². The van der Waals surface area contributed by atoms with Gasteiger partial charge in [-0.3, -0.25) is 19.8 Å². The Balaban J connectivity index is 1.49. The second kappa shape index (κ2) is 9.61. The number of nitrogens with zero attached hydrogens (tertiary/aromatic N) is 2. The molecule has 9 nitrogen and oxygen atoms in total. The molecule has 0 unspecified atom stereocenters. The molecule has 0 radical (unpaired) electrons. The van der Waals surface area contributed by atoms with Gasteiger partial charge in [0.25, 0.3) is 11.5 Å². The number of benzene rings is 2. The number of hydrogen-bond acceptors (Lipinski definition) is 4. The number of guanidine groups is 1. The molecule has 1 heterocycles. The van der Waals surface area contributed by atoms with Gasteiger partial charge in [0.1, 0.15) is 0 Å². The van der Waals surface area contributed by atoms with Crippen LogP contribution in [0.5, 0.6) is 0 Å². The van der Waals surface area contributed by atoms with Crippen molar-refractivity contribution >= 4 is 22.8 Å². The van der Waals surface area contributed by atoms with Crippen LogP contribution >= 0.6 is 0 Å². The van der Waals surface area contributed by atoms with Crippen molar-refractivity contribution in [2.24, 2.45) is 4.99 Å². The van der Waals surface area contributed by atoms with E-state index in [9.17, 15) is 9.59 Å². The molecule has 9 heteroatoms. The number of carbonyl (C=O) groups excluding carboxylic acids is 1. The Morgan fingerprint density at radius 1 is 1.18 bits per heavy atom. The first-order valence-corrected chi connectivity index (χ1v) is 11.0. The molecule has 3 aromatic rings. The van der Waals surface area contributed by atoms with E-state index in [0.29, 0.717) is 29.0 Å². The van der Waals surface area contributed by atoms with Crippen LogP contribution in [0.1, 0.15) is 41.6 Å². The van der Waals surface area contributed by atoms with Crippen LogP contribution in [0.2, 0.25) is 0 Å². The van der Waals surface area contributed by atoms with Crippen LogP contribution in [0, 0.1) is 11.5 Å². The third-order valence-corrected chi connectivity index (χ3v) is 6.49. The molecule has 33 heavy (non-hydrogen) atoms. The van der Waals surface area contributed by atoms with Crippen LogP contribution in [-0.4, -0.2) is 41.7 Å². The maximum absolute atomic E-state index is 13.0. The second-order valence-electron chi connectivity index (χ2n) is 8.40. The summed E-state index contributed by atoms with van der Waals surface area (Å²) in [6, 6.07) is 15.5. The van der Waals surface area contributed by atoms with Gasteiger partial charge in [-0.15, -0.1) is 4.99 Å². The summed E-state index contributed by atoms with van der Waals surface area (Å²) in [4.78, 5) is 28.6. The largest absolute Gasteiger partial charge is 0.359 e. The third kappa shape index (κ3) is 4.75. The van der Waals surface area contributed by atoms with Gasteiger partial charge in [-0.2, -0.15) is 5.26 Å². The molecule has 1 fully saturated rings. The van der Waals surface area contributed by atoms with Crippen molar-refractivity contribution in [1.29, 1.82) is 5.26 Å². The van der Waals surface area contributed by atoms with Crippen molar-refractivity contribution in [3.63, 3.8) is 0 Å². The van der Waals surface area contributed by atoms with E-state index >= 15 is 0 Å². The lowest BCUT2D eigenvalue weighted by molar-refractivity contribution is 0.0935. The molecule has 170 valence electrons. The van der Waals surface area contributed by atoms with Gasteiger partial charge in [-0.05, 0) is 49.4 Å². The number of aliphatic imine (C=N–C) groups is 1. The molecule has 0 atom stereocenters. The Bertz CT molecular complexity index is 1250. The van der Waals surface area contributed by atoms with E-state index in [1.54, 1.807) is 31.4 Å². The molecule has 1 aliphatic carbocycles. The zero-order chi connectivity index (χ0) is 23.3. The summed E-state index contributed by atoms with van der Waals surface area (Å²) in [5, 5.41) is 23.9. The normalized spacial score (nSPS) is 20.7. The van der Waals surface area contributed by atoms with E-state index in [2.05, 4.69) is 43.3 Å². The molecule has 5 N–H and O–H groups in total. The lowest BCUT2D eigenvalue weighted by Crippen LogP contribution is -2.49. The lowest BCUT2D eigenvalue weighted by atomic mass is 9.68. The van der Waals surface area contributed by atoms with Crippen molar-refractivity contribution in [1.82, 2.24) is 26.1 Å². The lowest BCUT2D eigenvalue weighted by Gasteiger charge is -2.41. The Labute approximate surface area is 191 Å². The zero-order valence-corrected chi connectivity index (χ0v) is 18.4. The minimum atomic E-state index is -0.243. The van der Waals surface area contributed by atoms with E-state index in [1.807, 2.05) is 18.2 Å². The number of nitrogens with one attached hydrogen (secondary N) is 5. The number of rotatable bonds is 5. The minimum Gasteiger partial charge on any atom is -0.359 e. The highest BCUT2D eigenvalue weighted by molar-refractivity contribution is 5.97. The predicted molar refractivity (Wildman–Crippen MR) is 127 cm³/mol. The van der Waals surface area contributed by atoms with Gasteiger partial charge >= 0.3 is 0 Å². The number of aromatic nitrogens is 2. The number of amides is 1. The molecule has 1 aliphatic rings. The van der Waals surface area contributed by atoms with Crippen LogP contribution in [0.3, 0.4) is 0 Å². The summed E-state index contributed by atoms with van der Waals surface area (Å²) in [6.45, 7) is 0.495. The molecular formula is C24H27N7O2. The summed E-state index contributed by atoms with van der Waals surface area (Å²) in [5.74, 6) is 0.268. The van der Waals surface area contributed by atoms with Gasteiger partial charge in [-0.1, -0.05) is 30.3 Å². The van der Waals surface area contributed by atoms with Crippen molar-refractivity contribution in [2.75, 3.05) is 13.6 Å². The molecule has 0 spiro atoms. The first-order valence-electron chi connectivity index (χ1n) is 11.0. The number of fused-ring (bicyclic) bond motifs is 1. The number of hydrogen-bond donors (Lipinski definition) is 5. The van der Waals surface area contributed by atoms with E-state index < -0.39 is 0 Å². The van der Waals surface area contributed by atoms with Crippen molar-refractivity contribution in [3.8, 4) is 6.19 Å². The van der Waals surface area contributed by atoms with E-state index in [0.717, 1.165) is 25.7 Å². The minimum absolute atomic E-state index is 0.194. The molecule has 2 aromatic carbocycles. The quantitative estimate of drug-likeness (QED) is 0.233. The molecular weight excluding hydrogens is 418 g/mol. The first-order chi connectivity index (χ1) is 16.0. The van der Waals surface area contributed by atoms with Gasteiger partial charge in [0.05, 0.1) is 10.9 Å². The molecule has 0 bridgehead atoms. The third-order valence-electron chi connectivity index (χ3n) is 6.49. The summed E-state index contributed by atoms with van der Waals surface area (Å²) >= 11 is 0. The Hall–Kier alpha value is -4.06. The molecule has 4 rings (SSSR count). The van der Waals surface area contributed by atoms with Crippen LogP contribution < -0.4 is 21.5 Å². The van der Waals surface area contributed by atoms with E-state index in [1.165, 1.54) is 5.56 Å². The summed E-state index contributed by atoms with van der Waals surface area (Å²) in [6.07, 6.45) is 5.30. The van der Waals surface area contributed by atoms with E-state index in [4.69, 9.17) is 5.26 Å². The maximum Gasteiger partial charge on any atom is 0.271 e. The highest BCUT2D eigenvalue weighted by Crippen LogP contribution is 2.39. The summed E-state index contributed by atoms with van der Waals surface area (Å²) < 4.78 is 0. The number of carbonyl (C=O) groups is 1. The average molecular weight is 446 g/mol. The highest BCUT2D eigenvalue weighted by atomic mass is 16.1. The van der Waals surface area contributed by atoms with Crippen molar-refractivity contribution < 1.29 is 4.79 Å². The average Bonchev–Trinajstić information content (AvgIpc) is 3.23. The SMILES string of the molecule is CN/C(=N\C#N)N[C@H]1CC[C@](CNC(=O)c2ccc3[nH][nH]c(=O)c3c2)(c2ccccc2)CC1. The fourth-order valence-corrected chi connectivity index (χ4v) is 4.60. The monoisotopic (exact) mass is 445 g/mol. The Morgan fingerprint density at radius 3 is 2.64 bits per heavy atom. The number of aromatic amines is 2. The first kappa shape index (κ1) is 22.1. The molecule has 1 saturated carbocycles. The maximum atomic E-state index is 13.0. The highest BCUT2D eigenvalue weighted by Gasteiger charge is 2.37. The van der Waals surface area contributed by atoms with Gasteiger partial charge in [0, 0.05) is 30.6 Å². The Morgan fingerprint density at radius 2 is 1.94 bits per heavy atom. The van der Waals surface area contributed by atoms with Crippen LogP contribution in [-0.2, 0) is 5.41 Å². The van der Waals surface area contributed by atoms with E-state index in [-0.39, 0.29) is 22.9 Å². The predicted octanol–water partition coefficient (Wildman–Crippen LogP) is 2.11. The molecule has 0 aliphatic heterocycles. The van der Waals surface area contributed by atoms with Gasteiger partial charge in [0.15, 0.2) is 0 Å². The fourth-order valence-electron chi connectivity index (χ4n) is 4.60. The van der Waals surface area contributed by atoms with Crippen molar-refractivity contribution in [2.45, 2.75) is 37.1 Å². The van der Waals surface area contributed by atoms with Gasteiger partial charge < -0.3 is 16.0 Å². The Kier molecular flexibility index (Phi) is 6.45. The van der Waals surface area contributed by atoms with Crippen LogP contribution in [0.4, 0.5) is 0 Å². The summed E-state index contributed by atoms with van der Waals surface area (Å²) in [7, 11) is 1.73. The fraction of sp³-hybridized carbons (Fsp3) is 0.333. The van der Waals surface area contributed by atoms with Gasteiger partial charge in [-0.25, -0.2) is 0 Å². The van der Waals surface area contributed by atoms with Crippen molar-refractivity contribution in [3.05, 3.63) is 70.0 Å². The topological polar surface area (TPSA) is 138 Å². The number of H-pyrrole nitrogens is 2. The molecule has 0 saturated heterocycles. The zero-order valence-electron chi connectivity index (χ0n) is 18.4. The molecule has 1 amide bonds. The van der Waals surface area contributed by atoms with Crippen LogP contribution in [0.15, 0.2) is 58.3 Å². The van der Waals surface area contributed by atoms with Gasteiger partial charge in [0.2, 0.25) is 12.2 Å².